The molecule has 0 aliphatic carbocycles. The predicted octanol–water partition coefficient (Wildman–Crippen LogP) is 5.34. The van der Waals surface area contributed by atoms with Gasteiger partial charge in [0.1, 0.15) is 5.75 Å². The summed E-state index contributed by atoms with van der Waals surface area (Å²) in [6.07, 6.45) is 0.773. The Kier molecular flexibility index (Phi) is 7.84. The minimum absolute atomic E-state index is 0.0744. The lowest BCUT2D eigenvalue weighted by Crippen LogP contribution is -2.32. The maximum Gasteiger partial charge on any atom is 0.252 e. The summed E-state index contributed by atoms with van der Waals surface area (Å²) < 4.78 is 7.22. The number of aromatic nitrogens is 5. The van der Waals surface area contributed by atoms with Crippen LogP contribution in [0.15, 0.2) is 77.6 Å². The van der Waals surface area contributed by atoms with Gasteiger partial charge in [0.15, 0.2) is 5.82 Å². The molecule has 8 nitrogen and oxygen atoms in total. The zero-order valence-electron chi connectivity index (χ0n) is 22.9. The second-order valence-electron chi connectivity index (χ2n) is 9.97. The van der Waals surface area contributed by atoms with Gasteiger partial charge in [-0.25, -0.2) is 4.68 Å². The van der Waals surface area contributed by atoms with E-state index in [1.807, 2.05) is 54.1 Å². The van der Waals surface area contributed by atoms with Crippen LogP contribution in [0.2, 0.25) is 0 Å². The molecule has 0 spiro atoms. The second kappa shape index (κ2) is 11.6. The van der Waals surface area contributed by atoms with Gasteiger partial charge in [0.2, 0.25) is 0 Å². The van der Waals surface area contributed by atoms with Crippen LogP contribution in [0.5, 0.6) is 5.75 Å². The first-order valence-corrected chi connectivity index (χ1v) is 13.3. The molecule has 1 N–H and O–H groups in total. The van der Waals surface area contributed by atoms with E-state index in [1.165, 1.54) is 0 Å². The van der Waals surface area contributed by atoms with E-state index in [4.69, 9.17) is 4.74 Å². The van der Waals surface area contributed by atoms with Crippen LogP contribution in [0.1, 0.15) is 53.0 Å². The van der Waals surface area contributed by atoms with Crippen molar-refractivity contribution in [2.45, 2.75) is 52.9 Å². The van der Waals surface area contributed by atoms with Crippen LogP contribution >= 0.6 is 0 Å². The summed E-state index contributed by atoms with van der Waals surface area (Å²) >= 11 is 0. The molecule has 0 saturated carbocycles. The summed E-state index contributed by atoms with van der Waals surface area (Å²) in [6, 6.07) is 24.3. The van der Waals surface area contributed by atoms with Gasteiger partial charge in [0.25, 0.3) is 5.56 Å². The third kappa shape index (κ3) is 5.76. The number of tetrazole rings is 1. The minimum atomic E-state index is -0.112. The molecule has 3 aromatic carbocycles. The van der Waals surface area contributed by atoms with Gasteiger partial charge in [0.05, 0.1) is 25.2 Å². The number of benzene rings is 3. The molecule has 0 bridgehead atoms. The highest BCUT2D eigenvalue weighted by atomic mass is 16.5. The van der Waals surface area contributed by atoms with E-state index < -0.39 is 0 Å². The lowest BCUT2D eigenvalue weighted by atomic mass is 10.0. The monoisotopic (exact) mass is 522 g/mol. The molecule has 5 rings (SSSR count). The third-order valence-electron chi connectivity index (χ3n) is 7.30. The molecule has 200 valence electrons. The number of hydrogen-bond acceptors (Lipinski definition) is 6. The van der Waals surface area contributed by atoms with Crippen molar-refractivity contribution in [2.75, 3.05) is 7.11 Å². The van der Waals surface area contributed by atoms with Crippen molar-refractivity contribution in [3.05, 3.63) is 117 Å². The Morgan fingerprint density at radius 2 is 1.69 bits per heavy atom. The van der Waals surface area contributed by atoms with Gasteiger partial charge in [-0.05, 0) is 71.1 Å². The van der Waals surface area contributed by atoms with Crippen molar-refractivity contribution in [1.29, 1.82) is 0 Å². The lowest BCUT2D eigenvalue weighted by Gasteiger charge is -2.30. The summed E-state index contributed by atoms with van der Waals surface area (Å²) in [5.41, 5.74) is 5.96. The zero-order valence-corrected chi connectivity index (χ0v) is 22.9. The predicted molar refractivity (Wildman–Crippen MR) is 153 cm³/mol. The first kappa shape index (κ1) is 26.3. The number of aryl methyl sites for hydroxylation is 2. The highest BCUT2D eigenvalue weighted by Gasteiger charge is 2.26. The number of nitrogens with zero attached hydrogens (tertiary/aromatic N) is 5. The Labute approximate surface area is 228 Å². The molecular weight excluding hydrogens is 488 g/mol. The zero-order chi connectivity index (χ0) is 27.4. The summed E-state index contributed by atoms with van der Waals surface area (Å²) in [7, 11) is 1.66. The minimum Gasteiger partial charge on any atom is -0.497 e. The Morgan fingerprint density at radius 3 is 2.41 bits per heavy atom. The molecule has 0 aliphatic rings. The van der Waals surface area contributed by atoms with Gasteiger partial charge in [-0.1, -0.05) is 61.5 Å². The number of methoxy groups -OCH3 is 1. The Hall–Kier alpha value is -4.30. The molecular formula is C31H34N6O2. The van der Waals surface area contributed by atoms with Crippen LogP contribution in [-0.2, 0) is 19.6 Å². The fourth-order valence-electron chi connectivity index (χ4n) is 5.12. The topological polar surface area (TPSA) is 88.9 Å². The molecule has 2 aromatic heterocycles. The van der Waals surface area contributed by atoms with Crippen LogP contribution in [0.3, 0.4) is 0 Å². The fraction of sp³-hybridized carbons (Fsp3) is 0.290. The summed E-state index contributed by atoms with van der Waals surface area (Å²) in [4.78, 5) is 18.8. The van der Waals surface area contributed by atoms with Crippen LogP contribution in [0, 0.1) is 13.8 Å². The van der Waals surface area contributed by atoms with Crippen molar-refractivity contribution in [3.8, 4) is 5.75 Å². The number of fused-ring (bicyclic) bond motifs is 1. The van der Waals surface area contributed by atoms with Gasteiger partial charge in [0, 0.05) is 24.0 Å². The van der Waals surface area contributed by atoms with E-state index in [2.05, 4.69) is 69.6 Å². The first-order valence-electron chi connectivity index (χ1n) is 13.3. The van der Waals surface area contributed by atoms with E-state index in [0.29, 0.717) is 25.2 Å². The Morgan fingerprint density at radius 1 is 0.949 bits per heavy atom. The van der Waals surface area contributed by atoms with E-state index in [0.717, 1.165) is 51.2 Å². The Balaban J connectivity index is 1.54. The lowest BCUT2D eigenvalue weighted by molar-refractivity contribution is 0.161. The van der Waals surface area contributed by atoms with Crippen molar-refractivity contribution in [3.63, 3.8) is 0 Å². The number of H-pyrrole nitrogens is 1. The van der Waals surface area contributed by atoms with E-state index in [1.54, 1.807) is 7.11 Å². The molecule has 2 heterocycles. The highest BCUT2D eigenvalue weighted by Crippen LogP contribution is 2.28. The maximum atomic E-state index is 13.3. The van der Waals surface area contributed by atoms with Crippen LogP contribution < -0.4 is 10.3 Å². The standard InChI is InChI=1S/C31H34N6O2/c1-5-28(30-33-34-35-37(30)19-23-9-7-6-8-10-23)36(18-24-13-15-26(39-4)16-14-24)20-25-17-27-21(2)11-12-22(3)29(27)32-31(25)38/h6-17,28H,5,18-20H2,1-4H3,(H,32,38). The highest BCUT2D eigenvalue weighted by molar-refractivity contribution is 5.85. The maximum absolute atomic E-state index is 13.3. The number of nitrogens with one attached hydrogen (secondary N) is 1. The van der Waals surface area contributed by atoms with Crippen molar-refractivity contribution in [1.82, 2.24) is 30.1 Å². The number of hydrogen-bond donors (Lipinski definition) is 1. The molecule has 0 saturated heterocycles. The number of ether oxygens (including phenoxy) is 1. The SMILES string of the molecule is CCC(c1nnnn1Cc1ccccc1)N(Cc1ccc(OC)cc1)Cc1cc2c(C)ccc(C)c2[nH]c1=O. The van der Waals surface area contributed by atoms with Gasteiger partial charge >= 0.3 is 0 Å². The number of rotatable bonds is 10. The van der Waals surface area contributed by atoms with E-state index in [-0.39, 0.29) is 11.6 Å². The van der Waals surface area contributed by atoms with E-state index in [9.17, 15) is 4.79 Å². The first-order chi connectivity index (χ1) is 19.0. The molecule has 0 fully saturated rings. The van der Waals surface area contributed by atoms with Gasteiger partial charge in [-0.15, -0.1) is 5.10 Å². The summed E-state index contributed by atoms with van der Waals surface area (Å²) in [5.74, 6) is 1.58. The largest absolute Gasteiger partial charge is 0.497 e. The number of pyridine rings is 1. The normalized spacial score (nSPS) is 12.2. The average molecular weight is 523 g/mol. The molecule has 8 heteroatoms. The molecule has 1 unspecified atom stereocenters. The van der Waals surface area contributed by atoms with E-state index >= 15 is 0 Å². The molecule has 5 aromatic rings. The average Bonchev–Trinajstić information content (AvgIpc) is 3.40. The van der Waals surface area contributed by atoms with Crippen molar-refractivity contribution in [2.24, 2.45) is 0 Å². The van der Waals surface area contributed by atoms with Gasteiger partial charge < -0.3 is 9.72 Å². The van der Waals surface area contributed by atoms with Crippen LogP contribution in [0.4, 0.5) is 0 Å². The molecule has 1 atom stereocenters. The smallest absolute Gasteiger partial charge is 0.252 e. The summed E-state index contributed by atoms with van der Waals surface area (Å²) in [5, 5.41) is 13.9. The quantitative estimate of drug-likeness (QED) is 0.266. The third-order valence-corrected chi connectivity index (χ3v) is 7.30. The molecule has 39 heavy (non-hydrogen) atoms. The second-order valence-corrected chi connectivity index (χ2v) is 9.97. The molecule has 0 radical (unpaired) electrons. The van der Waals surface area contributed by atoms with Crippen molar-refractivity contribution < 1.29 is 4.74 Å². The van der Waals surface area contributed by atoms with Crippen molar-refractivity contribution >= 4 is 10.9 Å². The van der Waals surface area contributed by atoms with Crippen LogP contribution in [-0.4, -0.2) is 37.2 Å². The summed E-state index contributed by atoms with van der Waals surface area (Å²) in [6.45, 7) is 7.86. The fourth-order valence-corrected chi connectivity index (χ4v) is 5.12. The molecule has 0 aliphatic heterocycles. The van der Waals surface area contributed by atoms with Crippen LogP contribution in [0.25, 0.3) is 10.9 Å². The molecule has 0 amide bonds. The number of aromatic amines is 1. The van der Waals surface area contributed by atoms with Gasteiger partial charge in [-0.3, -0.25) is 9.69 Å². The Bertz CT molecular complexity index is 1610. The van der Waals surface area contributed by atoms with Gasteiger partial charge in [-0.2, -0.15) is 0 Å².